The molecule has 0 saturated carbocycles. The van der Waals surface area contributed by atoms with Crippen LogP contribution in [0.2, 0.25) is 0 Å². The number of nitrogens with zero attached hydrogens (tertiary/aromatic N) is 1. The van der Waals surface area contributed by atoms with Crippen LogP contribution in [0.4, 0.5) is 4.79 Å². The zero-order chi connectivity index (χ0) is 21.0. The first kappa shape index (κ1) is 20.5. The third-order valence-electron chi connectivity index (χ3n) is 4.32. The monoisotopic (exact) mass is 394 g/mol. The predicted octanol–water partition coefficient (Wildman–Crippen LogP) is 2.85. The Bertz CT molecular complexity index is 998. The van der Waals surface area contributed by atoms with Crippen molar-refractivity contribution in [3.05, 3.63) is 53.1 Å². The van der Waals surface area contributed by atoms with E-state index in [2.05, 4.69) is 15.6 Å². The number of nitrogens with one attached hydrogen (secondary N) is 2. The van der Waals surface area contributed by atoms with Gasteiger partial charge in [0.05, 0.1) is 6.54 Å². The number of benzene rings is 2. The number of rotatable bonds is 5. The van der Waals surface area contributed by atoms with E-state index in [4.69, 9.17) is 10.5 Å². The number of aliphatic imine (C=N–C) groups is 1. The van der Waals surface area contributed by atoms with Crippen LogP contribution in [0.3, 0.4) is 0 Å². The summed E-state index contributed by atoms with van der Waals surface area (Å²) in [7, 11) is 0. The summed E-state index contributed by atoms with van der Waals surface area (Å²) in [6.45, 7) is 6.60. The van der Waals surface area contributed by atoms with Gasteiger partial charge >= 0.3 is 6.09 Å². The van der Waals surface area contributed by atoms with E-state index in [0.717, 1.165) is 21.9 Å². The van der Waals surface area contributed by atoms with Crippen molar-refractivity contribution in [2.45, 2.75) is 26.4 Å². The molecule has 2 aromatic carbocycles. The zero-order valence-corrected chi connectivity index (χ0v) is 16.9. The minimum atomic E-state index is -0.641. The average Bonchev–Trinajstić information content (AvgIpc) is 2.63. The highest BCUT2D eigenvalue weighted by atomic mass is 16.6. The standard InChI is InChI=1S/C22H26N4O3/c1-22(2,3)29-21(28)26-20(23)25-11-10-24-13-16-12-15-8-4-6-14-7-5-9-17(18(14)15)19(16)27/h4-9,12,24H,10-11,13H2,1-3H3,(H3,23,25,26,28). The molecule has 0 bridgehead atoms. The third kappa shape index (κ3) is 5.20. The highest BCUT2D eigenvalue weighted by Crippen LogP contribution is 2.30. The van der Waals surface area contributed by atoms with Gasteiger partial charge in [0.15, 0.2) is 11.7 Å². The highest BCUT2D eigenvalue weighted by molar-refractivity contribution is 6.22. The fourth-order valence-corrected chi connectivity index (χ4v) is 3.16. The van der Waals surface area contributed by atoms with Crippen LogP contribution in [0, 0.1) is 0 Å². The quantitative estimate of drug-likeness (QED) is 0.411. The van der Waals surface area contributed by atoms with Crippen molar-refractivity contribution in [3.63, 3.8) is 0 Å². The molecule has 0 unspecified atom stereocenters. The molecule has 4 N–H and O–H groups in total. The average molecular weight is 394 g/mol. The number of hydrogen-bond donors (Lipinski definition) is 3. The maximum atomic E-state index is 12.8. The summed E-state index contributed by atoms with van der Waals surface area (Å²) in [5.41, 5.74) is 7.58. The van der Waals surface area contributed by atoms with Crippen LogP contribution in [0.25, 0.3) is 16.8 Å². The van der Waals surface area contributed by atoms with Crippen molar-refractivity contribution < 1.29 is 14.3 Å². The molecular weight excluding hydrogens is 368 g/mol. The first-order chi connectivity index (χ1) is 13.7. The molecular formula is C22H26N4O3. The van der Waals surface area contributed by atoms with E-state index in [0.29, 0.717) is 25.2 Å². The molecule has 2 aromatic rings. The van der Waals surface area contributed by atoms with Gasteiger partial charge in [-0.15, -0.1) is 0 Å². The highest BCUT2D eigenvalue weighted by Gasteiger charge is 2.21. The zero-order valence-electron chi connectivity index (χ0n) is 16.9. The number of alkyl carbamates (subject to hydrolysis) is 1. The Labute approximate surface area is 170 Å². The van der Waals surface area contributed by atoms with Crippen LogP contribution in [-0.2, 0) is 4.74 Å². The second kappa shape index (κ2) is 8.45. The van der Waals surface area contributed by atoms with E-state index >= 15 is 0 Å². The molecule has 0 aliphatic heterocycles. The largest absolute Gasteiger partial charge is 0.444 e. The fourth-order valence-electron chi connectivity index (χ4n) is 3.16. The lowest BCUT2D eigenvalue weighted by molar-refractivity contribution is 0.0562. The lowest BCUT2D eigenvalue weighted by Crippen LogP contribution is -2.40. The van der Waals surface area contributed by atoms with Crippen LogP contribution in [-0.4, -0.2) is 43.1 Å². The number of ketones is 1. The van der Waals surface area contributed by atoms with E-state index < -0.39 is 11.7 Å². The minimum Gasteiger partial charge on any atom is -0.444 e. The molecule has 0 saturated heterocycles. The Hall–Kier alpha value is -3.19. The van der Waals surface area contributed by atoms with E-state index in [-0.39, 0.29) is 11.7 Å². The molecule has 7 heteroatoms. The third-order valence-corrected chi connectivity index (χ3v) is 4.32. The molecule has 0 radical (unpaired) electrons. The fraction of sp³-hybridized carbons (Fsp3) is 0.318. The van der Waals surface area contributed by atoms with Crippen molar-refractivity contribution >= 4 is 34.7 Å². The van der Waals surface area contributed by atoms with Crippen LogP contribution in [0.15, 0.2) is 47.0 Å². The number of guanidine groups is 1. The van der Waals surface area contributed by atoms with Crippen LogP contribution in [0.1, 0.15) is 36.7 Å². The van der Waals surface area contributed by atoms with Gasteiger partial charge in [0.1, 0.15) is 5.60 Å². The maximum absolute atomic E-state index is 12.8. The molecule has 152 valence electrons. The Kier molecular flexibility index (Phi) is 5.98. The summed E-state index contributed by atoms with van der Waals surface area (Å²) in [6.07, 6.45) is 1.30. The Morgan fingerprint density at radius 3 is 2.62 bits per heavy atom. The van der Waals surface area contributed by atoms with Crippen molar-refractivity contribution in [1.29, 1.82) is 0 Å². The summed E-state index contributed by atoms with van der Waals surface area (Å²) < 4.78 is 5.11. The Morgan fingerprint density at radius 2 is 1.90 bits per heavy atom. The van der Waals surface area contributed by atoms with Gasteiger partial charge in [0, 0.05) is 29.6 Å². The number of Topliss-reactive ketones (excluding diaryl/α,β-unsaturated/α-hetero) is 1. The number of ether oxygens (including phenoxy) is 1. The minimum absolute atomic E-state index is 0.00499. The van der Waals surface area contributed by atoms with Crippen molar-refractivity contribution in [1.82, 2.24) is 10.6 Å². The van der Waals surface area contributed by atoms with E-state index in [1.54, 1.807) is 20.8 Å². The van der Waals surface area contributed by atoms with Crippen molar-refractivity contribution in [2.75, 3.05) is 19.6 Å². The van der Waals surface area contributed by atoms with E-state index in [1.165, 1.54) is 0 Å². The summed E-state index contributed by atoms with van der Waals surface area (Å²) in [4.78, 5) is 28.5. The Balaban J connectivity index is 1.52. The second-order valence-corrected chi connectivity index (χ2v) is 7.82. The number of nitrogens with two attached hydrogens (primary N) is 1. The first-order valence-corrected chi connectivity index (χ1v) is 9.52. The number of amides is 1. The topological polar surface area (TPSA) is 106 Å². The molecule has 3 rings (SSSR count). The first-order valence-electron chi connectivity index (χ1n) is 9.52. The van der Waals surface area contributed by atoms with Crippen LogP contribution < -0.4 is 16.4 Å². The number of carbonyl (C=O) groups excluding carboxylic acids is 2. The van der Waals surface area contributed by atoms with Gasteiger partial charge in [-0.1, -0.05) is 36.4 Å². The molecule has 0 aromatic heterocycles. The smallest absolute Gasteiger partial charge is 0.414 e. The summed E-state index contributed by atoms with van der Waals surface area (Å²) in [6, 6.07) is 11.8. The predicted molar refractivity (Wildman–Crippen MR) is 115 cm³/mol. The molecule has 1 aliphatic rings. The van der Waals surface area contributed by atoms with Crippen LogP contribution in [0.5, 0.6) is 0 Å². The van der Waals surface area contributed by atoms with Crippen molar-refractivity contribution in [3.8, 4) is 0 Å². The second-order valence-electron chi connectivity index (χ2n) is 7.82. The molecule has 7 nitrogen and oxygen atoms in total. The van der Waals surface area contributed by atoms with Gasteiger partial charge in [0.2, 0.25) is 0 Å². The molecule has 0 spiro atoms. The van der Waals surface area contributed by atoms with E-state index in [1.807, 2.05) is 42.5 Å². The SMILES string of the molecule is CC(C)(C)OC(=O)NC(N)=NCCNCC1=Cc2cccc3cccc(c23)C1=O. The van der Waals surface area contributed by atoms with Crippen LogP contribution >= 0.6 is 0 Å². The molecule has 1 aliphatic carbocycles. The molecule has 1 amide bonds. The molecule has 0 fully saturated rings. The van der Waals surface area contributed by atoms with Gasteiger partial charge < -0.3 is 15.8 Å². The summed E-state index contributed by atoms with van der Waals surface area (Å²) >= 11 is 0. The lowest BCUT2D eigenvalue weighted by atomic mass is 9.88. The maximum Gasteiger partial charge on any atom is 0.414 e. The number of carbonyl (C=O) groups is 2. The van der Waals surface area contributed by atoms with Gasteiger partial charge in [-0.25, -0.2) is 4.79 Å². The lowest BCUT2D eigenvalue weighted by Gasteiger charge is -2.19. The van der Waals surface area contributed by atoms with Crippen molar-refractivity contribution in [2.24, 2.45) is 10.7 Å². The normalized spacial score (nSPS) is 14.0. The van der Waals surface area contributed by atoms with Gasteiger partial charge in [-0.05, 0) is 37.8 Å². The van der Waals surface area contributed by atoms with Gasteiger partial charge in [-0.3, -0.25) is 15.1 Å². The number of hydrogen-bond acceptors (Lipinski definition) is 5. The van der Waals surface area contributed by atoms with E-state index in [9.17, 15) is 9.59 Å². The summed E-state index contributed by atoms with van der Waals surface area (Å²) in [5.74, 6) is 0.0334. The van der Waals surface area contributed by atoms with Gasteiger partial charge in [-0.2, -0.15) is 0 Å². The molecule has 0 atom stereocenters. The Morgan fingerprint density at radius 1 is 1.17 bits per heavy atom. The molecule has 29 heavy (non-hydrogen) atoms. The van der Waals surface area contributed by atoms with Gasteiger partial charge in [0.25, 0.3) is 0 Å². The molecule has 0 heterocycles. The summed E-state index contributed by atoms with van der Waals surface area (Å²) in [5, 5.41) is 7.66.